The average molecular weight is 384 g/mol. The number of nitrogens with zero attached hydrogens (tertiary/aromatic N) is 1. The summed E-state index contributed by atoms with van der Waals surface area (Å²) in [6, 6.07) is 0. The van der Waals surface area contributed by atoms with E-state index in [1.807, 2.05) is 0 Å². The first-order valence-electron chi connectivity index (χ1n) is 12.5. The van der Waals surface area contributed by atoms with E-state index in [1.165, 1.54) is 109 Å². The van der Waals surface area contributed by atoms with Gasteiger partial charge in [-0.3, -0.25) is 5.32 Å². The number of hydrogen-bond donors (Lipinski definition) is 2. The molecule has 0 aromatic carbocycles. The summed E-state index contributed by atoms with van der Waals surface area (Å²) in [5.74, 6) is 0. The number of aliphatic hydroxyl groups excluding tert-OH is 1. The first kappa shape index (κ1) is 24.9. The molecule has 0 radical (unpaired) electrons. The van der Waals surface area contributed by atoms with Crippen molar-refractivity contribution in [2.45, 2.75) is 123 Å². The van der Waals surface area contributed by atoms with E-state index in [0.29, 0.717) is 12.8 Å². The minimum atomic E-state index is 0.324. The van der Waals surface area contributed by atoms with Crippen molar-refractivity contribution in [1.29, 1.82) is 0 Å². The van der Waals surface area contributed by atoms with Gasteiger partial charge in [0.15, 0.2) is 0 Å². The molecule has 162 valence electrons. The summed E-state index contributed by atoms with van der Waals surface area (Å²) in [4.78, 5) is 0. The van der Waals surface area contributed by atoms with Gasteiger partial charge in [0.2, 0.25) is 0 Å². The van der Waals surface area contributed by atoms with Crippen LogP contribution in [0.25, 0.3) is 0 Å². The van der Waals surface area contributed by atoms with Crippen LogP contribution in [0.4, 0.5) is 0 Å². The topological polar surface area (TPSA) is 32.3 Å². The van der Waals surface area contributed by atoms with E-state index >= 15 is 0 Å². The smallest absolute Gasteiger partial charge is 0.143 e. The van der Waals surface area contributed by atoms with Gasteiger partial charge in [-0.05, 0) is 13.3 Å². The number of aliphatic hydroxyl groups is 1. The summed E-state index contributed by atoms with van der Waals surface area (Å²) in [5.41, 5.74) is 0. The van der Waals surface area contributed by atoms with E-state index in [-0.39, 0.29) is 0 Å². The van der Waals surface area contributed by atoms with Crippen molar-refractivity contribution in [2.75, 3.05) is 32.8 Å². The van der Waals surface area contributed by atoms with Crippen molar-refractivity contribution >= 4 is 0 Å². The number of nitrogens with one attached hydrogen (secondary N) is 1. The second-order valence-electron chi connectivity index (χ2n) is 8.91. The van der Waals surface area contributed by atoms with Crippen molar-refractivity contribution in [3.8, 4) is 0 Å². The molecule has 0 aromatic heterocycles. The Morgan fingerprint density at radius 3 is 1.67 bits per heavy atom. The van der Waals surface area contributed by atoms with Gasteiger partial charge in [0.1, 0.15) is 12.7 Å². The largest absolute Gasteiger partial charge is 0.391 e. The molecule has 2 atom stereocenters. The summed E-state index contributed by atoms with van der Waals surface area (Å²) in [5, 5.41) is 13.1. The van der Waals surface area contributed by atoms with Crippen LogP contribution in [0.3, 0.4) is 0 Å². The summed E-state index contributed by atoms with van der Waals surface area (Å²) in [7, 11) is 0. The molecule has 2 unspecified atom stereocenters. The predicted octanol–water partition coefficient (Wildman–Crippen LogP) is 6.01. The Balaban J connectivity index is 1.86. The molecule has 2 N–H and O–H groups in total. The van der Waals surface area contributed by atoms with E-state index < -0.39 is 0 Å². The third-order valence-corrected chi connectivity index (χ3v) is 6.85. The highest BCUT2D eigenvalue weighted by atomic mass is 16.3. The molecule has 3 heteroatoms. The standard InChI is InChI=1S/C24H51N2O/c1-3-5-6-7-8-9-10-11-12-13-14-15-16-17-18-19-24-25-20-21-26(24,4-2)22-23-27/h24-25,27H,3-23H2,1-2H3/q+1. The Labute approximate surface area is 170 Å². The second kappa shape index (κ2) is 16.8. The van der Waals surface area contributed by atoms with E-state index in [0.717, 1.165) is 24.1 Å². The summed E-state index contributed by atoms with van der Waals surface area (Å²) < 4.78 is 1.09. The molecule has 1 aliphatic rings. The molecule has 1 rings (SSSR count). The van der Waals surface area contributed by atoms with E-state index in [9.17, 15) is 5.11 Å². The van der Waals surface area contributed by atoms with Gasteiger partial charge >= 0.3 is 0 Å². The number of rotatable bonds is 19. The highest BCUT2D eigenvalue weighted by Crippen LogP contribution is 2.22. The molecule has 0 aliphatic carbocycles. The lowest BCUT2D eigenvalue weighted by molar-refractivity contribution is -0.939. The van der Waals surface area contributed by atoms with Gasteiger partial charge < -0.3 is 9.59 Å². The van der Waals surface area contributed by atoms with Crippen LogP contribution < -0.4 is 5.32 Å². The zero-order valence-electron chi connectivity index (χ0n) is 18.8. The summed E-state index contributed by atoms with van der Waals surface area (Å²) >= 11 is 0. The van der Waals surface area contributed by atoms with Crippen LogP contribution in [-0.2, 0) is 0 Å². The van der Waals surface area contributed by atoms with Crippen LogP contribution >= 0.6 is 0 Å². The van der Waals surface area contributed by atoms with Crippen LogP contribution in [0.5, 0.6) is 0 Å². The molecular weight excluding hydrogens is 332 g/mol. The first-order chi connectivity index (χ1) is 13.3. The third-order valence-electron chi connectivity index (χ3n) is 6.85. The number of quaternary nitrogens is 1. The maximum atomic E-state index is 9.40. The summed E-state index contributed by atoms with van der Waals surface area (Å²) in [6.45, 7) is 9.29. The van der Waals surface area contributed by atoms with Crippen molar-refractivity contribution < 1.29 is 9.59 Å². The molecule has 1 aliphatic heterocycles. The Bertz CT molecular complexity index is 324. The number of likely N-dealkylation sites (N-methyl/N-ethyl adjacent to an activating group) is 1. The molecule has 1 saturated heterocycles. The molecular formula is C24H51N2O+. The lowest BCUT2D eigenvalue weighted by atomic mass is 10.0. The lowest BCUT2D eigenvalue weighted by Crippen LogP contribution is -2.55. The van der Waals surface area contributed by atoms with E-state index in [2.05, 4.69) is 19.2 Å². The highest BCUT2D eigenvalue weighted by molar-refractivity contribution is 4.67. The lowest BCUT2D eigenvalue weighted by Gasteiger charge is -2.38. The van der Waals surface area contributed by atoms with Gasteiger partial charge in [0.05, 0.1) is 26.2 Å². The quantitative estimate of drug-likeness (QED) is 0.211. The van der Waals surface area contributed by atoms with Crippen molar-refractivity contribution in [3.05, 3.63) is 0 Å². The predicted molar refractivity (Wildman–Crippen MR) is 119 cm³/mol. The normalized spacial score (nSPS) is 22.6. The van der Waals surface area contributed by atoms with Crippen LogP contribution in [0.15, 0.2) is 0 Å². The Morgan fingerprint density at radius 2 is 1.22 bits per heavy atom. The second-order valence-corrected chi connectivity index (χ2v) is 8.91. The van der Waals surface area contributed by atoms with E-state index in [1.54, 1.807) is 0 Å². The fraction of sp³-hybridized carbons (Fsp3) is 1.00. The molecule has 0 amide bonds. The van der Waals surface area contributed by atoms with Crippen molar-refractivity contribution in [1.82, 2.24) is 5.32 Å². The minimum Gasteiger partial charge on any atom is -0.391 e. The van der Waals surface area contributed by atoms with Crippen LogP contribution in [0, 0.1) is 0 Å². The highest BCUT2D eigenvalue weighted by Gasteiger charge is 2.38. The fourth-order valence-electron chi connectivity index (χ4n) is 4.89. The molecule has 0 saturated carbocycles. The molecule has 0 aromatic rings. The van der Waals surface area contributed by atoms with Crippen LogP contribution in [-0.4, -0.2) is 48.5 Å². The van der Waals surface area contributed by atoms with Gasteiger partial charge in [-0.1, -0.05) is 96.8 Å². The van der Waals surface area contributed by atoms with Gasteiger partial charge in [0, 0.05) is 6.42 Å². The number of hydrogen-bond acceptors (Lipinski definition) is 2. The molecule has 1 heterocycles. The van der Waals surface area contributed by atoms with Crippen molar-refractivity contribution in [2.24, 2.45) is 0 Å². The van der Waals surface area contributed by atoms with Crippen molar-refractivity contribution in [3.63, 3.8) is 0 Å². The van der Waals surface area contributed by atoms with Crippen LogP contribution in [0.2, 0.25) is 0 Å². The Morgan fingerprint density at radius 1 is 0.741 bits per heavy atom. The monoisotopic (exact) mass is 383 g/mol. The number of unbranched alkanes of at least 4 members (excludes halogenated alkanes) is 14. The summed E-state index contributed by atoms with van der Waals surface area (Å²) in [6.07, 6.45) is 23.4. The van der Waals surface area contributed by atoms with Gasteiger partial charge in [0.25, 0.3) is 0 Å². The van der Waals surface area contributed by atoms with Gasteiger partial charge in [-0.2, -0.15) is 0 Å². The maximum Gasteiger partial charge on any atom is 0.143 e. The molecule has 3 nitrogen and oxygen atoms in total. The molecule has 1 fully saturated rings. The molecule has 0 spiro atoms. The van der Waals surface area contributed by atoms with Crippen LogP contribution in [0.1, 0.15) is 117 Å². The SMILES string of the molecule is CCCCCCCCCCCCCCCCCC1NCC[N+]1(CC)CCO. The third kappa shape index (κ3) is 10.9. The van der Waals surface area contributed by atoms with Gasteiger partial charge in [-0.15, -0.1) is 0 Å². The zero-order chi connectivity index (χ0) is 19.6. The first-order valence-corrected chi connectivity index (χ1v) is 12.5. The average Bonchev–Trinajstić information content (AvgIpc) is 3.08. The fourth-order valence-corrected chi connectivity index (χ4v) is 4.89. The maximum absolute atomic E-state index is 9.40. The Kier molecular flexibility index (Phi) is 15.5. The van der Waals surface area contributed by atoms with E-state index in [4.69, 9.17) is 0 Å². The molecule has 0 bridgehead atoms. The zero-order valence-corrected chi connectivity index (χ0v) is 18.8. The van der Waals surface area contributed by atoms with Gasteiger partial charge in [-0.25, -0.2) is 0 Å². The minimum absolute atomic E-state index is 0.324. The Hall–Kier alpha value is -0.120. The molecule has 27 heavy (non-hydrogen) atoms.